The maximum Gasteiger partial charge on any atom is 0.0948 e. The summed E-state index contributed by atoms with van der Waals surface area (Å²) in [7, 11) is 0. The first kappa shape index (κ1) is 6.34. The third-order valence-corrected chi connectivity index (χ3v) is 0.587. The van der Waals surface area contributed by atoms with Crippen molar-refractivity contribution >= 4 is 0 Å². The van der Waals surface area contributed by atoms with Gasteiger partial charge in [-0.15, -0.1) is 0 Å². The molecule has 0 aliphatic heterocycles. The highest BCUT2D eigenvalue weighted by Crippen LogP contribution is 1.67. The zero-order valence-corrected chi connectivity index (χ0v) is 4.52. The summed E-state index contributed by atoms with van der Waals surface area (Å²) in [6.45, 7) is 3.00. The summed E-state index contributed by atoms with van der Waals surface area (Å²) in [4.78, 5) is 0. The van der Waals surface area contributed by atoms with E-state index in [0.717, 1.165) is 19.2 Å². The van der Waals surface area contributed by atoms with E-state index in [2.05, 4.69) is 12.2 Å². The lowest BCUT2D eigenvalue weighted by Gasteiger charge is -1.90. The third kappa shape index (κ3) is 5.34. The highest BCUT2D eigenvalue weighted by Gasteiger charge is 1.69. The molecule has 2 heteroatoms. The zero-order chi connectivity index (χ0) is 5.54. The predicted molar refractivity (Wildman–Crippen MR) is 30.1 cm³/mol. The number of aliphatic hydroxyl groups is 1. The fourth-order valence-electron chi connectivity index (χ4n) is 0.280. The number of hydrogen-bond acceptors (Lipinski definition) is 2. The molecule has 0 aromatic heterocycles. The minimum absolute atomic E-state index is 0.928. The van der Waals surface area contributed by atoms with Crippen molar-refractivity contribution in [1.82, 2.24) is 5.32 Å². The summed E-state index contributed by atoms with van der Waals surface area (Å²) < 4.78 is 0. The Balaban J connectivity index is 2.69. The van der Waals surface area contributed by atoms with E-state index in [1.807, 2.05) is 0 Å². The SMILES string of the molecule is CCCN/C=C\O. The van der Waals surface area contributed by atoms with Crippen LogP contribution in [-0.4, -0.2) is 11.7 Å². The van der Waals surface area contributed by atoms with Crippen LogP contribution in [0.5, 0.6) is 0 Å². The molecule has 0 rings (SSSR count). The first-order valence-electron chi connectivity index (χ1n) is 2.44. The first-order chi connectivity index (χ1) is 3.41. The standard InChI is InChI=1S/C5H11NO/c1-2-3-6-4-5-7/h4-7H,2-3H2,1H3/b5-4-. The Hall–Kier alpha value is -0.660. The Morgan fingerprint density at radius 2 is 2.43 bits per heavy atom. The summed E-state index contributed by atoms with van der Waals surface area (Å²) in [5.41, 5.74) is 0. The molecule has 0 radical (unpaired) electrons. The maximum absolute atomic E-state index is 8.05. The molecule has 42 valence electrons. The van der Waals surface area contributed by atoms with E-state index < -0.39 is 0 Å². The second kappa shape index (κ2) is 5.34. The van der Waals surface area contributed by atoms with Gasteiger partial charge in [0.25, 0.3) is 0 Å². The summed E-state index contributed by atoms with van der Waals surface area (Å²) in [6, 6.07) is 0. The summed E-state index contributed by atoms with van der Waals surface area (Å²) >= 11 is 0. The molecule has 0 amide bonds. The Labute approximate surface area is 43.9 Å². The Morgan fingerprint density at radius 3 is 2.86 bits per heavy atom. The van der Waals surface area contributed by atoms with Gasteiger partial charge in [0.2, 0.25) is 0 Å². The molecular weight excluding hydrogens is 90.1 g/mol. The van der Waals surface area contributed by atoms with Crippen LogP contribution in [0.15, 0.2) is 12.5 Å². The number of nitrogens with one attached hydrogen (secondary N) is 1. The van der Waals surface area contributed by atoms with Crippen LogP contribution in [0.1, 0.15) is 13.3 Å². The van der Waals surface area contributed by atoms with Gasteiger partial charge < -0.3 is 10.4 Å². The Kier molecular flexibility index (Phi) is 4.84. The predicted octanol–water partition coefficient (Wildman–Crippen LogP) is 1.02. The van der Waals surface area contributed by atoms with Gasteiger partial charge in [-0.1, -0.05) is 6.92 Å². The van der Waals surface area contributed by atoms with Crippen molar-refractivity contribution in [3.8, 4) is 0 Å². The average Bonchev–Trinajstić information content (AvgIpc) is 1.69. The largest absolute Gasteiger partial charge is 0.514 e. The van der Waals surface area contributed by atoms with Crippen LogP contribution in [0.25, 0.3) is 0 Å². The van der Waals surface area contributed by atoms with Gasteiger partial charge >= 0.3 is 0 Å². The minimum Gasteiger partial charge on any atom is -0.514 e. The quantitative estimate of drug-likeness (QED) is 0.411. The van der Waals surface area contributed by atoms with Crippen LogP contribution >= 0.6 is 0 Å². The second-order valence-corrected chi connectivity index (χ2v) is 1.27. The van der Waals surface area contributed by atoms with Crippen molar-refractivity contribution < 1.29 is 5.11 Å². The zero-order valence-electron chi connectivity index (χ0n) is 4.52. The van der Waals surface area contributed by atoms with E-state index in [4.69, 9.17) is 5.11 Å². The fourth-order valence-corrected chi connectivity index (χ4v) is 0.280. The van der Waals surface area contributed by atoms with Gasteiger partial charge in [0, 0.05) is 12.7 Å². The van der Waals surface area contributed by atoms with Crippen molar-refractivity contribution in [3.05, 3.63) is 12.5 Å². The van der Waals surface area contributed by atoms with E-state index >= 15 is 0 Å². The summed E-state index contributed by atoms with van der Waals surface area (Å²) in [6.07, 6.45) is 3.60. The van der Waals surface area contributed by atoms with Crippen LogP contribution in [0.2, 0.25) is 0 Å². The molecule has 0 aromatic rings. The molecule has 2 nitrogen and oxygen atoms in total. The smallest absolute Gasteiger partial charge is 0.0948 e. The number of rotatable bonds is 3. The van der Waals surface area contributed by atoms with Crippen LogP contribution in [0.3, 0.4) is 0 Å². The molecule has 0 fully saturated rings. The monoisotopic (exact) mass is 101 g/mol. The minimum atomic E-state index is 0.928. The van der Waals surface area contributed by atoms with Crippen LogP contribution in [-0.2, 0) is 0 Å². The molecule has 0 aliphatic rings. The fraction of sp³-hybridized carbons (Fsp3) is 0.600. The van der Waals surface area contributed by atoms with E-state index in [1.54, 1.807) is 0 Å². The van der Waals surface area contributed by atoms with Gasteiger partial charge in [-0.3, -0.25) is 0 Å². The number of aliphatic hydroxyl groups excluding tert-OH is 1. The number of hydrogen-bond donors (Lipinski definition) is 2. The molecule has 0 unspecified atom stereocenters. The first-order valence-corrected chi connectivity index (χ1v) is 2.44. The topological polar surface area (TPSA) is 32.3 Å². The van der Waals surface area contributed by atoms with Crippen molar-refractivity contribution in [2.24, 2.45) is 0 Å². The van der Waals surface area contributed by atoms with Crippen LogP contribution in [0, 0.1) is 0 Å². The molecule has 0 aliphatic carbocycles. The van der Waals surface area contributed by atoms with E-state index in [1.165, 1.54) is 6.20 Å². The van der Waals surface area contributed by atoms with Gasteiger partial charge in [-0.25, -0.2) is 0 Å². The molecule has 0 heterocycles. The summed E-state index contributed by atoms with van der Waals surface area (Å²) in [5, 5.41) is 10.9. The van der Waals surface area contributed by atoms with Gasteiger partial charge in [0.15, 0.2) is 0 Å². The van der Waals surface area contributed by atoms with Crippen molar-refractivity contribution in [1.29, 1.82) is 0 Å². The molecule has 7 heavy (non-hydrogen) atoms. The molecule has 0 saturated carbocycles. The lowest BCUT2D eigenvalue weighted by atomic mass is 10.5. The van der Waals surface area contributed by atoms with Gasteiger partial charge in [0.05, 0.1) is 6.26 Å². The van der Waals surface area contributed by atoms with Gasteiger partial charge in [-0.2, -0.15) is 0 Å². The van der Waals surface area contributed by atoms with E-state index in [-0.39, 0.29) is 0 Å². The second-order valence-electron chi connectivity index (χ2n) is 1.27. The average molecular weight is 101 g/mol. The molecule has 0 atom stereocenters. The van der Waals surface area contributed by atoms with Crippen molar-refractivity contribution in [3.63, 3.8) is 0 Å². The summed E-state index contributed by atoms with van der Waals surface area (Å²) in [5.74, 6) is 0. The Bertz CT molecular complexity index is 52.0. The van der Waals surface area contributed by atoms with Crippen LogP contribution < -0.4 is 5.32 Å². The third-order valence-electron chi connectivity index (χ3n) is 0.587. The van der Waals surface area contributed by atoms with Crippen molar-refractivity contribution in [2.75, 3.05) is 6.54 Å². The van der Waals surface area contributed by atoms with Crippen molar-refractivity contribution in [2.45, 2.75) is 13.3 Å². The molecule has 0 bridgehead atoms. The lowest BCUT2D eigenvalue weighted by molar-refractivity contribution is 0.468. The van der Waals surface area contributed by atoms with Gasteiger partial charge in [-0.05, 0) is 6.42 Å². The molecular formula is C5H11NO. The molecule has 0 aromatic carbocycles. The highest BCUT2D eigenvalue weighted by molar-refractivity contribution is 4.66. The van der Waals surface area contributed by atoms with Crippen LogP contribution in [0.4, 0.5) is 0 Å². The maximum atomic E-state index is 8.05. The molecule has 0 spiro atoms. The molecule has 0 saturated heterocycles. The highest BCUT2D eigenvalue weighted by atomic mass is 16.2. The van der Waals surface area contributed by atoms with E-state index in [0.29, 0.717) is 0 Å². The van der Waals surface area contributed by atoms with Gasteiger partial charge in [0.1, 0.15) is 0 Å². The van der Waals surface area contributed by atoms with E-state index in [9.17, 15) is 0 Å². The lowest BCUT2D eigenvalue weighted by Crippen LogP contribution is -2.04. The Morgan fingerprint density at radius 1 is 1.71 bits per heavy atom. The normalized spacial score (nSPS) is 9.86. The molecule has 2 N–H and O–H groups in total.